The second-order valence-electron chi connectivity index (χ2n) is 7.60. The van der Waals surface area contributed by atoms with Crippen molar-refractivity contribution in [2.24, 2.45) is 11.8 Å². The Hall–Kier alpha value is -1.10. The number of likely N-dealkylation sites (tertiary alicyclic amines) is 1. The monoisotopic (exact) mass is 324 g/mol. The highest BCUT2D eigenvalue weighted by Gasteiger charge is 2.33. The molecule has 1 unspecified atom stereocenters. The van der Waals surface area contributed by atoms with Gasteiger partial charge in [-0.05, 0) is 56.8 Å². The van der Waals surface area contributed by atoms with E-state index in [4.69, 9.17) is 0 Å². The molecule has 0 aromatic heterocycles. The van der Waals surface area contributed by atoms with Gasteiger partial charge in [0, 0.05) is 25.6 Å². The van der Waals surface area contributed by atoms with Crippen LogP contribution in [0.2, 0.25) is 0 Å². The van der Waals surface area contributed by atoms with E-state index >= 15 is 0 Å². The highest BCUT2D eigenvalue weighted by atomic mass is 16.3. The van der Waals surface area contributed by atoms with Crippen LogP contribution in [0.3, 0.4) is 0 Å². The van der Waals surface area contributed by atoms with Gasteiger partial charge in [-0.25, -0.2) is 0 Å². The molecule has 2 N–H and O–H groups in total. The van der Waals surface area contributed by atoms with Crippen molar-refractivity contribution in [2.75, 3.05) is 13.2 Å². The molecule has 23 heavy (non-hydrogen) atoms. The lowest BCUT2D eigenvalue weighted by atomic mass is 9.86. The standard InChI is InChI=1S/C18H32N2O3/c1-13(2)11-16(20-10-4-3-5-17(20)22)18(23)19-15-8-6-14(12-21)7-9-15/h13-16,21H,3-12H2,1-2H3,(H,19,23). The molecule has 1 atom stereocenters. The Morgan fingerprint density at radius 3 is 2.52 bits per heavy atom. The van der Waals surface area contributed by atoms with Crippen LogP contribution in [-0.4, -0.2) is 47.1 Å². The number of hydrogen-bond donors (Lipinski definition) is 2. The van der Waals surface area contributed by atoms with Crippen molar-refractivity contribution in [3.63, 3.8) is 0 Å². The number of rotatable bonds is 6. The summed E-state index contributed by atoms with van der Waals surface area (Å²) in [6.45, 7) is 5.15. The average Bonchev–Trinajstić information content (AvgIpc) is 2.54. The maximum absolute atomic E-state index is 12.8. The molecule has 5 heteroatoms. The summed E-state index contributed by atoms with van der Waals surface area (Å²) in [6, 6.07) is -0.127. The molecular weight excluding hydrogens is 292 g/mol. The number of nitrogens with zero attached hydrogens (tertiary/aromatic N) is 1. The van der Waals surface area contributed by atoms with Gasteiger partial charge in [-0.1, -0.05) is 13.8 Å². The van der Waals surface area contributed by atoms with Crippen LogP contribution in [0, 0.1) is 11.8 Å². The Morgan fingerprint density at radius 1 is 1.26 bits per heavy atom. The van der Waals surface area contributed by atoms with Crippen molar-refractivity contribution in [3.8, 4) is 0 Å². The highest BCUT2D eigenvalue weighted by Crippen LogP contribution is 2.25. The fourth-order valence-corrected chi connectivity index (χ4v) is 3.77. The van der Waals surface area contributed by atoms with E-state index in [0.29, 0.717) is 24.8 Å². The van der Waals surface area contributed by atoms with E-state index in [2.05, 4.69) is 19.2 Å². The van der Waals surface area contributed by atoms with Crippen molar-refractivity contribution in [3.05, 3.63) is 0 Å². The second kappa shape index (κ2) is 8.67. The van der Waals surface area contributed by atoms with Crippen molar-refractivity contribution in [1.29, 1.82) is 0 Å². The predicted molar refractivity (Wildman–Crippen MR) is 89.8 cm³/mol. The number of aliphatic hydroxyl groups is 1. The zero-order valence-corrected chi connectivity index (χ0v) is 14.6. The summed E-state index contributed by atoms with van der Waals surface area (Å²) >= 11 is 0. The van der Waals surface area contributed by atoms with E-state index < -0.39 is 0 Å². The highest BCUT2D eigenvalue weighted by molar-refractivity contribution is 5.88. The third kappa shape index (κ3) is 5.20. The van der Waals surface area contributed by atoms with Gasteiger partial charge in [-0.2, -0.15) is 0 Å². The largest absolute Gasteiger partial charge is 0.396 e. The minimum absolute atomic E-state index is 0.0152. The third-order valence-corrected chi connectivity index (χ3v) is 5.18. The minimum atomic E-state index is -0.321. The topological polar surface area (TPSA) is 69.6 Å². The van der Waals surface area contributed by atoms with E-state index in [1.54, 1.807) is 4.90 Å². The summed E-state index contributed by atoms with van der Waals surface area (Å²) in [5.74, 6) is 0.909. The smallest absolute Gasteiger partial charge is 0.243 e. The lowest BCUT2D eigenvalue weighted by Gasteiger charge is -2.36. The molecule has 1 saturated heterocycles. The van der Waals surface area contributed by atoms with Crippen LogP contribution in [0.4, 0.5) is 0 Å². The molecule has 1 aliphatic carbocycles. The molecule has 2 aliphatic rings. The van der Waals surface area contributed by atoms with Crippen LogP contribution in [0.15, 0.2) is 0 Å². The lowest BCUT2D eigenvalue weighted by molar-refractivity contribution is -0.143. The fraction of sp³-hybridized carbons (Fsp3) is 0.889. The van der Waals surface area contributed by atoms with Gasteiger partial charge in [0.25, 0.3) is 0 Å². The molecular formula is C18H32N2O3. The van der Waals surface area contributed by atoms with Gasteiger partial charge >= 0.3 is 0 Å². The molecule has 132 valence electrons. The van der Waals surface area contributed by atoms with Gasteiger partial charge in [0.05, 0.1) is 0 Å². The number of hydrogen-bond acceptors (Lipinski definition) is 3. The van der Waals surface area contributed by atoms with Crippen LogP contribution in [0.5, 0.6) is 0 Å². The van der Waals surface area contributed by atoms with Crippen LogP contribution in [0.1, 0.15) is 65.2 Å². The summed E-state index contributed by atoms with van der Waals surface area (Å²) in [4.78, 5) is 26.8. The molecule has 1 heterocycles. The van der Waals surface area contributed by atoms with Gasteiger partial charge in [0.2, 0.25) is 11.8 Å². The van der Waals surface area contributed by atoms with Gasteiger partial charge in [0.1, 0.15) is 6.04 Å². The Bertz CT molecular complexity index is 403. The average molecular weight is 324 g/mol. The summed E-state index contributed by atoms with van der Waals surface area (Å²) in [5, 5.41) is 12.4. The first-order valence-corrected chi connectivity index (χ1v) is 9.22. The van der Waals surface area contributed by atoms with E-state index in [0.717, 1.165) is 44.9 Å². The van der Waals surface area contributed by atoms with Gasteiger partial charge in [0.15, 0.2) is 0 Å². The predicted octanol–water partition coefficient (Wildman–Crippen LogP) is 2.08. The first kappa shape index (κ1) is 18.2. The molecule has 5 nitrogen and oxygen atoms in total. The number of carbonyl (C=O) groups is 2. The number of amides is 2. The summed E-state index contributed by atoms with van der Waals surface area (Å²) in [6.07, 6.45) is 7.04. The van der Waals surface area contributed by atoms with Gasteiger partial charge in [-0.15, -0.1) is 0 Å². The van der Waals surface area contributed by atoms with Gasteiger partial charge < -0.3 is 15.3 Å². The van der Waals surface area contributed by atoms with Crippen molar-refractivity contribution < 1.29 is 14.7 Å². The molecule has 0 bridgehead atoms. The van der Waals surface area contributed by atoms with Crippen LogP contribution >= 0.6 is 0 Å². The Labute approximate surface area is 139 Å². The van der Waals surface area contributed by atoms with Crippen molar-refractivity contribution in [1.82, 2.24) is 10.2 Å². The Kier molecular flexibility index (Phi) is 6.88. The molecule has 0 spiro atoms. The third-order valence-electron chi connectivity index (χ3n) is 5.18. The molecule has 0 radical (unpaired) electrons. The molecule has 2 rings (SSSR count). The first-order valence-electron chi connectivity index (χ1n) is 9.22. The number of piperidine rings is 1. The second-order valence-corrected chi connectivity index (χ2v) is 7.60. The van der Waals surface area contributed by atoms with E-state index in [1.807, 2.05) is 0 Å². The molecule has 0 aromatic carbocycles. The number of aliphatic hydroxyl groups excluding tert-OH is 1. The maximum Gasteiger partial charge on any atom is 0.243 e. The number of nitrogens with one attached hydrogen (secondary N) is 1. The summed E-state index contributed by atoms with van der Waals surface area (Å²) in [7, 11) is 0. The van der Waals surface area contributed by atoms with Crippen LogP contribution in [-0.2, 0) is 9.59 Å². The van der Waals surface area contributed by atoms with E-state index in [-0.39, 0.29) is 30.5 Å². The summed E-state index contributed by atoms with van der Waals surface area (Å²) < 4.78 is 0. The zero-order chi connectivity index (χ0) is 16.8. The molecule has 0 aromatic rings. The first-order chi connectivity index (χ1) is 11.0. The SMILES string of the molecule is CC(C)CC(C(=O)NC1CCC(CO)CC1)N1CCCCC1=O. The minimum Gasteiger partial charge on any atom is -0.396 e. The van der Waals surface area contributed by atoms with Gasteiger partial charge in [-0.3, -0.25) is 9.59 Å². The van der Waals surface area contributed by atoms with E-state index in [9.17, 15) is 14.7 Å². The quantitative estimate of drug-likeness (QED) is 0.786. The van der Waals surface area contributed by atoms with Crippen molar-refractivity contribution >= 4 is 11.8 Å². The molecule has 1 saturated carbocycles. The van der Waals surface area contributed by atoms with Crippen molar-refractivity contribution in [2.45, 2.75) is 77.3 Å². The normalized spacial score (nSPS) is 27.1. The molecule has 2 amide bonds. The maximum atomic E-state index is 12.8. The molecule has 1 aliphatic heterocycles. The van der Waals surface area contributed by atoms with E-state index in [1.165, 1.54) is 0 Å². The van der Waals surface area contributed by atoms with Crippen LogP contribution < -0.4 is 5.32 Å². The number of carbonyl (C=O) groups excluding carboxylic acids is 2. The fourth-order valence-electron chi connectivity index (χ4n) is 3.77. The Morgan fingerprint density at radius 2 is 1.96 bits per heavy atom. The lowest BCUT2D eigenvalue weighted by Crippen LogP contribution is -2.54. The van der Waals surface area contributed by atoms with Crippen LogP contribution in [0.25, 0.3) is 0 Å². The Balaban J connectivity index is 1.95. The summed E-state index contributed by atoms with van der Waals surface area (Å²) in [5.41, 5.74) is 0. The zero-order valence-electron chi connectivity index (χ0n) is 14.6. The molecule has 2 fully saturated rings.